The van der Waals surface area contributed by atoms with Crippen LogP contribution in [0.15, 0.2) is 29.7 Å². The van der Waals surface area contributed by atoms with E-state index in [-0.39, 0.29) is 52.9 Å². The zero-order valence-corrected chi connectivity index (χ0v) is 18.2. The van der Waals surface area contributed by atoms with Crippen LogP contribution in [0, 0.1) is 35.6 Å². The van der Waals surface area contributed by atoms with Gasteiger partial charge in [0.2, 0.25) is 0 Å². The van der Waals surface area contributed by atoms with Gasteiger partial charge in [0, 0.05) is 12.6 Å². The molecule has 0 aromatic carbocycles. The van der Waals surface area contributed by atoms with E-state index in [1.807, 2.05) is 0 Å². The molecule has 10 nitrogen and oxygen atoms in total. The van der Waals surface area contributed by atoms with E-state index in [9.17, 15) is 5.11 Å². The van der Waals surface area contributed by atoms with E-state index in [0.29, 0.717) is 18.7 Å². The molecule has 10 heteroatoms. The van der Waals surface area contributed by atoms with Gasteiger partial charge in [-0.3, -0.25) is 0 Å². The molecule has 0 bridgehead atoms. The van der Waals surface area contributed by atoms with Gasteiger partial charge in [0.15, 0.2) is 0 Å². The van der Waals surface area contributed by atoms with Crippen molar-refractivity contribution in [1.29, 1.82) is 5.53 Å². The van der Waals surface area contributed by atoms with Crippen LogP contribution < -0.4 is 5.32 Å². The molecule has 1 rings (SSSR count). The number of nitrogens with zero attached hydrogens (tertiary/aromatic N) is 1. The van der Waals surface area contributed by atoms with E-state index in [4.69, 9.17) is 47.2 Å². The lowest BCUT2D eigenvalue weighted by atomic mass is 9.92. The van der Waals surface area contributed by atoms with Crippen molar-refractivity contribution in [3.63, 3.8) is 0 Å². The molecule has 0 radical (unpaired) electrons. The maximum Gasteiger partial charge on any atom is 0.130 e. The van der Waals surface area contributed by atoms with Crippen LogP contribution in [0.2, 0.25) is 0 Å². The highest BCUT2D eigenvalue weighted by atomic mass is 16.5. The fourth-order valence-electron chi connectivity index (χ4n) is 2.93. The summed E-state index contributed by atoms with van der Waals surface area (Å²) in [7, 11) is 0. The number of ether oxygens (including phenoxy) is 5. The zero-order valence-electron chi connectivity index (χ0n) is 18.2. The SMILES string of the molecule is C#CCOCC(COCC#C)(COCC=C)COC/C(=C/N[C@H]1CC(O)[C@@H](CO)O1)N=N. The Labute approximate surface area is 189 Å². The minimum absolute atomic E-state index is 0.0166. The Kier molecular flexibility index (Phi) is 14.2. The lowest BCUT2D eigenvalue weighted by Gasteiger charge is -2.32. The zero-order chi connectivity index (χ0) is 23.7. The van der Waals surface area contributed by atoms with Crippen molar-refractivity contribution in [3.05, 3.63) is 24.6 Å². The van der Waals surface area contributed by atoms with Gasteiger partial charge in [-0.1, -0.05) is 17.9 Å². The van der Waals surface area contributed by atoms with Crippen LogP contribution in [-0.4, -0.2) is 88.1 Å². The van der Waals surface area contributed by atoms with Crippen LogP contribution in [-0.2, 0) is 23.7 Å². The van der Waals surface area contributed by atoms with Gasteiger partial charge in [-0.25, -0.2) is 5.53 Å². The van der Waals surface area contributed by atoms with Crippen molar-refractivity contribution in [2.75, 3.05) is 59.5 Å². The summed E-state index contributed by atoms with van der Waals surface area (Å²) in [5, 5.41) is 25.3. The molecule has 0 spiro atoms. The smallest absolute Gasteiger partial charge is 0.130 e. The monoisotopic (exact) mass is 451 g/mol. The lowest BCUT2D eigenvalue weighted by molar-refractivity contribution is -0.0940. The minimum Gasteiger partial charge on any atom is -0.394 e. The Morgan fingerprint density at radius 3 is 2.34 bits per heavy atom. The third-order valence-electron chi connectivity index (χ3n) is 4.47. The standard InChI is InChI=1S/C22H33N3O7/c1-4-7-28-14-22(15-29-8-5-2,16-30-9-6-3)17-31-13-18(25-23)11-24-21-10-19(27)20(12-26)32-21/h1-2,6,11,19-21,23-24,26-27H,3,7-10,12-17H2/b18-11-,25-23?/t19?,20-,21-/m1/s1. The second kappa shape index (κ2) is 16.4. The molecule has 0 aliphatic carbocycles. The summed E-state index contributed by atoms with van der Waals surface area (Å²) in [6.07, 6.45) is 12.1. The number of terminal acetylenes is 2. The van der Waals surface area contributed by atoms with Crippen LogP contribution in [0.1, 0.15) is 6.42 Å². The third-order valence-corrected chi connectivity index (χ3v) is 4.47. The van der Waals surface area contributed by atoms with E-state index in [1.54, 1.807) is 6.08 Å². The summed E-state index contributed by atoms with van der Waals surface area (Å²) >= 11 is 0. The average Bonchev–Trinajstić information content (AvgIpc) is 3.16. The first kappa shape index (κ1) is 27.8. The molecule has 0 saturated carbocycles. The molecule has 1 fully saturated rings. The molecule has 0 aromatic rings. The summed E-state index contributed by atoms with van der Waals surface area (Å²) in [6, 6.07) is 0. The Morgan fingerprint density at radius 2 is 1.81 bits per heavy atom. The van der Waals surface area contributed by atoms with Crippen LogP contribution in [0.25, 0.3) is 0 Å². The van der Waals surface area contributed by atoms with Gasteiger partial charge < -0.3 is 39.2 Å². The van der Waals surface area contributed by atoms with Gasteiger partial charge >= 0.3 is 0 Å². The highest BCUT2D eigenvalue weighted by Gasteiger charge is 2.34. The van der Waals surface area contributed by atoms with E-state index in [0.717, 1.165) is 0 Å². The maximum absolute atomic E-state index is 9.78. The first-order valence-electron chi connectivity index (χ1n) is 10.1. The Bertz CT molecular complexity index is 651. The predicted molar refractivity (Wildman–Crippen MR) is 116 cm³/mol. The second-order valence-corrected chi connectivity index (χ2v) is 7.25. The molecule has 3 atom stereocenters. The summed E-state index contributed by atoms with van der Waals surface area (Å²) in [6.45, 7) is 4.80. The Hall–Kier alpha value is -2.28. The van der Waals surface area contributed by atoms with E-state index >= 15 is 0 Å². The molecule has 1 unspecified atom stereocenters. The number of aliphatic hydroxyl groups excluding tert-OH is 2. The van der Waals surface area contributed by atoms with E-state index < -0.39 is 23.9 Å². The van der Waals surface area contributed by atoms with Crippen LogP contribution in [0.5, 0.6) is 0 Å². The molecule has 0 amide bonds. The van der Waals surface area contributed by atoms with Crippen molar-refractivity contribution in [1.82, 2.24) is 5.32 Å². The van der Waals surface area contributed by atoms with Crippen LogP contribution in [0.3, 0.4) is 0 Å². The van der Waals surface area contributed by atoms with Gasteiger partial charge in [-0.2, -0.15) is 5.11 Å². The predicted octanol–water partition coefficient (Wildman–Crippen LogP) is 0.422. The van der Waals surface area contributed by atoms with Crippen molar-refractivity contribution >= 4 is 0 Å². The fraction of sp³-hybridized carbons (Fsp3) is 0.636. The largest absolute Gasteiger partial charge is 0.394 e. The average molecular weight is 452 g/mol. The van der Waals surface area contributed by atoms with Gasteiger partial charge in [0.1, 0.15) is 31.2 Å². The quantitative estimate of drug-likeness (QED) is 0.102. The molecule has 32 heavy (non-hydrogen) atoms. The van der Waals surface area contributed by atoms with Crippen molar-refractivity contribution < 1.29 is 33.9 Å². The number of hydrogen-bond acceptors (Lipinski definition) is 10. The molecule has 178 valence electrons. The normalized spacial score (nSPS) is 21.0. The van der Waals surface area contributed by atoms with Gasteiger partial charge in [0.25, 0.3) is 0 Å². The van der Waals surface area contributed by atoms with Gasteiger partial charge in [0.05, 0.1) is 57.8 Å². The first-order valence-corrected chi connectivity index (χ1v) is 10.1. The molecule has 1 heterocycles. The van der Waals surface area contributed by atoms with E-state index in [1.165, 1.54) is 6.20 Å². The number of nitrogens with one attached hydrogen (secondary N) is 2. The fourth-order valence-corrected chi connectivity index (χ4v) is 2.93. The number of hydrogen-bond donors (Lipinski definition) is 4. The summed E-state index contributed by atoms with van der Waals surface area (Å²) < 4.78 is 28.0. The van der Waals surface area contributed by atoms with Crippen LogP contribution in [0.4, 0.5) is 0 Å². The topological polar surface area (TPSA) is 135 Å². The number of aliphatic hydroxyl groups is 2. The van der Waals surface area contributed by atoms with Crippen LogP contribution >= 0.6 is 0 Å². The highest BCUT2D eigenvalue weighted by molar-refractivity contribution is 4.99. The molecule has 1 aliphatic heterocycles. The Balaban J connectivity index is 2.70. The minimum atomic E-state index is -0.763. The molecule has 1 aliphatic rings. The molecule has 4 N–H and O–H groups in total. The first-order chi connectivity index (χ1) is 15.5. The van der Waals surface area contributed by atoms with E-state index in [2.05, 4.69) is 28.9 Å². The third kappa shape index (κ3) is 10.4. The van der Waals surface area contributed by atoms with Gasteiger partial charge in [-0.15, -0.1) is 19.4 Å². The second-order valence-electron chi connectivity index (χ2n) is 7.25. The van der Waals surface area contributed by atoms with Crippen molar-refractivity contribution in [2.45, 2.75) is 24.9 Å². The highest BCUT2D eigenvalue weighted by Crippen LogP contribution is 2.22. The summed E-state index contributed by atoms with van der Waals surface area (Å²) in [5.74, 6) is 4.83. The van der Waals surface area contributed by atoms with Crippen molar-refractivity contribution in [3.8, 4) is 24.7 Å². The van der Waals surface area contributed by atoms with Gasteiger partial charge in [-0.05, 0) is 0 Å². The molecule has 0 aromatic heterocycles. The maximum atomic E-state index is 9.78. The number of rotatable bonds is 18. The molecular formula is C22H33N3O7. The molecule has 1 saturated heterocycles. The lowest BCUT2D eigenvalue weighted by Crippen LogP contribution is -2.42. The summed E-state index contributed by atoms with van der Waals surface area (Å²) in [4.78, 5) is 0. The van der Waals surface area contributed by atoms with Crippen molar-refractivity contribution in [2.24, 2.45) is 10.5 Å². The summed E-state index contributed by atoms with van der Waals surface area (Å²) in [5.41, 5.74) is 6.97. The molecular weight excluding hydrogens is 418 g/mol. The Morgan fingerprint density at radius 1 is 1.19 bits per heavy atom.